The molecule has 8 rings (SSSR count). The number of nitrogens with one attached hydrogen (secondary N) is 2. The number of hydrogen-bond donors (Lipinski definition) is 2. The van der Waals surface area contributed by atoms with Crippen LogP contribution in [-0.2, 0) is 35.8 Å². The van der Waals surface area contributed by atoms with Crippen LogP contribution in [-0.4, -0.2) is 30.9 Å². The third-order valence-corrected chi connectivity index (χ3v) is 9.27. The molecule has 274 valence electrons. The molecule has 0 bridgehead atoms. The first-order valence-electron chi connectivity index (χ1n) is 17.5. The lowest BCUT2D eigenvalue weighted by Crippen LogP contribution is -2.27. The number of rotatable bonds is 10. The molecule has 6 aromatic carbocycles. The minimum absolute atomic E-state index is 0.0564. The normalized spacial score (nSPS) is 10.9. The molecule has 0 radical (unpaired) electrons. The van der Waals surface area contributed by atoms with Gasteiger partial charge in [0, 0.05) is 18.1 Å². The maximum atomic E-state index is 13.6. The number of nitrogens with zero attached hydrogens (tertiary/aromatic N) is 4. The van der Waals surface area contributed by atoms with E-state index in [2.05, 4.69) is 20.6 Å². The zero-order chi connectivity index (χ0) is 38.1. The van der Waals surface area contributed by atoms with Crippen molar-refractivity contribution in [2.75, 3.05) is 0 Å². The minimum atomic E-state index is -0.900. The number of hydrogen-bond acceptors (Lipinski definition) is 4. The van der Waals surface area contributed by atoms with Gasteiger partial charge in [-0.05, 0) is 81.9 Å². The zero-order valence-corrected chi connectivity index (χ0v) is 30.3. The van der Waals surface area contributed by atoms with Crippen molar-refractivity contribution in [2.24, 2.45) is 0 Å². The van der Waals surface area contributed by atoms with E-state index in [1.807, 2.05) is 126 Å². The Bertz CT molecular complexity index is 2620. The van der Waals surface area contributed by atoms with E-state index in [9.17, 15) is 18.4 Å². The van der Waals surface area contributed by atoms with E-state index >= 15 is 0 Å². The summed E-state index contributed by atoms with van der Waals surface area (Å²) < 4.78 is 30.5. The van der Waals surface area contributed by atoms with Crippen LogP contribution in [0.2, 0.25) is 5.02 Å². The fraction of sp³-hybridized carbons (Fsp3) is 0.0909. The molecule has 0 fully saturated rings. The number of imidazole rings is 2. The van der Waals surface area contributed by atoms with Gasteiger partial charge in [0.15, 0.2) is 11.6 Å². The molecular weight excluding hydrogens is 718 g/mol. The topological polar surface area (TPSA) is 93.8 Å². The van der Waals surface area contributed by atoms with Gasteiger partial charge in [0.25, 0.3) is 0 Å². The number of para-hydroxylation sites is 4. The number of fused-ring (bicyclic) bond motifs is 2. The highest BCUT2D eigenvalue weighted by Gasteiger charge is 2.12. The molecule has 0 spiro atoms. The first-order valence-corrected chi connectivity index (χ1v) is 17.9. The van der Waals surface area contributed by atoms with E-state index in [0.717, 1.165) is 62.0 Å². The zero-order valence-electron chi connectivity index (χ0n) is 29.5. The summed E-state index contributed by atoms with van der Waals surface area (Å²) in [7, 11) is 0. The van der Waals surface area contributed by atoms with Crippen molar-refractivity contribution in [3.63, 3.8) is 0 Å². The summed E-state index contributed by atoms with van der Waals surface area (Å²) in [6, 6.07) is 42.2. The van der Waals surface area contributed by atoms with Gasteiger partial charge in [-0.3, -0.25) is 9.59 Å². The van der Waals surface area contributed by atoms with Crippen LogP contribution in [0.4, 0.5) is 8.78 Å². The van der Waals surface area contributed by atoms with Crippen LogP contribution in [0.5, 0.6) is 0 Å². The summed E-state index contributed by atoms with van der Waals surface area (Å²) in [4.78, 5) is 33.5. The minimum Gasteiger partial charge on any atom is -0.350 e. The van der Waals surface area contributed by atoms with E-state index in [1.165, 1.54) is 6.07 Å². The Morgan fingerprint density at radius 1 is 0.545 bits per heavy atom. The highest BCUT2D eigenvalue weighted by atomic mass is 35.5. The molecule has 0 aliphatic heterocycles. The maximum absolute atomic E-state index is 13.6. The second kappa shape index (κ2) is 17.0. The van der Waals surface area contributed by atoms with Gasteiger partial charge in [-0.25, -0.2) is 18.7 Å². The molecule has 2 heterocycles. The van der Waals surface area contributed by atoms with Crippen molar-refractivity contribution in [3.05, 3.63) is 180 Å². The van der Waals surface area contributed by atoms with Gasteiger partial charge in [0.05, 0.1) is 34.7 Å². The smallest absolute Gasteiger partial charge is 0.240 e. The lowest BCUT2D eigenvalue weighted by molar-refractivity contribution is -0.122. The van der Waals surface area contributed by atoms with Gasteiger partial charge in [-0.1, -0.05) is 103 Å². The third kappa shape index (κ3) is 8.94. The van der Waals surface area contributed by atoms with Crippen LogP contribution in [0.15, 0.2) is 152 Å². The van der Waals surface area contributed by atoms with Crippen molar-refractivity contribution >= 4 is 45.5 Å². The second-order valence-corrected chi connectivity index (χ2v) is 13.2. The number of amides is 2. The molecular formula is C44H35ClF2N6O2. The van der Waals surface area contributed by atoms with Crippen LogP contribution >= 0.6 is 11.6 Å². The van der Waals surface area contributed by atoms with Gasteiger partial charge < -0.3 is 19.8 Å². The molecule has 2 aromatic heterocycles. The van der Waals surface area contributed by atoms with Crippen molar-refractivity contribution < 1.29 is 18.4 Å². The summed E-state index contributed by atoms with van der Waals surface area (Å²) in [6.07, 6.45) is 3.34. The predicted octanol–water partition coefficient (Wildman–Crippen LogP) is 8.97. The SMILES string of the molecule is O=C(Cn1cnc2ccccc21)NCc1ccccc1-c1ccc(F)c(F)c1.O=C(Cn1cnc2ccccc21)NCc1ccccc1-c1cccc(Cl)c1. The molecule has 11 heteroatoms. The van der Waals surface area contributed by atoms with Gasteiger partial charge in [0.1, 0.15) is 13.1 Å². The Balaban J connectivity index is 0.000000169. The number of aromatic nitrogens is 4. The Morgan fingerprint density at radius 3 is 1.56 bits per heavy atom. The third-order valence-electron chi connectivity index (χ3n) is 9.04. The molecule has 0 saturated heterocycles. The molecule has 0 aliphatic rings. The lowest BCUT2D eigenvalue weighted by Gasteiger charge is -2.12. The number of carbonyl (C=O) groups is 2. The highest BCUT2D eigenvalue weighted by molar-refractivity contribution is 6.30. The average Bonchev–Trinajstić information content (AvgIpc) is 3.81. The van der Waals surface area contributed by atoms with Crippen LogP contribution in [0.1, 0.15) is 11.1 Å². The Morgan fingerprint density at radius 2 is 1.04 bits per heavy atom. The molecule has 2 amide bonds. The van der Waals surface area contributed by atoms with Gasteiger partial charge in [-0.15, -0.1) is 0 Å². The fourth-order valence-corrected chi connectivity index (χ4v) is 6.50. The van der Waals surface area contributed by atoms with Gasteiger partial charge >= 0.3 is 0 Å². The fourth-order valence-electron chi connectivity index (χ4n) is 6.31. The van der Waals surface area contributed by atoms with Crippen molar-refractivity contribution in [1.29, 1.82) is 0 Å². The van der Waals surface area contributed by atoms with Crippen molar-refractivity contribution in [3.8, 4) is 22.3 Å². The lowest BCUT2D eigenvalue weighted by atomic mass is 9.99. The summed E-state index contributed by atoms with van der Waals surface area (Å²) in [5.41, 5.74) is 8.82. The number of carbonyl (C=O) groups excluding carboxylic acids is 2. The molecule has 0 atom stereocenters. The Labute approximate surface area is 321 Å². The molecule has 0 saturated carbocycles. The van der Waals surface area contributed by atoms with E-state index in [0.29, 0.717) is 17.1 Å². The maximum Gasteiger partial charge on any atom is 0.240 e. The monoisotopic (exact) mass is 752 g/mol. The average molecular weight is 753 g/mol. The number of benzene rings is 6. The van der Waals surface area contributed by atoms with Crippen molar-refractivity contribution in [2.45, 2.75) is 26.2 Å². The Hall–Kier alpha value is -6.65. The first kappa shape index (κ1) is 36.7. The van der Waals surface area contributed by atoms with E-state index in [-0.39, 0.29) is 31.4 Å². The largest absolute Gasteiger partial charge is 0.350 e. The summed E-state index contributed by atoms with van der Waals surface area (Å²) in [6.45, 7) is 1.11. The standard InChI is InChI=1S/C22H18ClN3O.C22H17F2N3O/c23-18-8-5-7-16(12-18)19-9-2-1-6-17(19)13-24-22(27)14-26-15-25-20-10-3-4-11-21(20)26;23-18-10-9-15(11-19(18)24)17-6-2-1-5-16(17)12-25-22(28)13-27-14-26-20-7-3-4-8-21(20)27/h1-12,15H,13-14H2,(H,24,27);1-11,14H,12-13H2,(H,25,28). The highest BCUT2D eigenvalue weighted by Crippen LogP contribution is 2.27. The van der Waals surface area contributed by atoms with Crippen LogP contribution in [0.3, 0.4) is 0 Å². The molecule has 8 nitrogen and oxygen atoms in total. The summed E-state index contributed by atoms with van der Waals surface area (Å²) in [5.74, 6) is -2.01. The number of halogens is 3. The quantitative estimate of drug-likeness (QED) is 0.146. The predicted molar refractivity (Wildman–Crippen MR) is 212 cm³/mol. The summed E-state index contributed by atoms with van der Waals surface area (Å²) in [5, 5.41) is 6.58. The van der Waals surface area contributed by atoms with E-state index in [1.54, 1.807) is 17.2 Å². The van der Waals surface area contributed by atoms with Gasteiger partial charge in [0.2, 0.25) is 11.8 Å². The molecule has 8 aromatic rings. The molecule has 0 aliphatic carbocycles. The van der Waals surface area contributed by atoms with Crippen LogP contribution < -0.4 is 10.6 Å². The van der Waals surface area contributed by atoms with Gasteiger partial charge in [-0.2, -0.15) is 0 Å². The van der Waals surface area contributed by atoms with E-state index < -0.39 is 11.6 Å². The van der Waals surface area contributed by atoms with Crippen molar-refractivity contribution in [1.82, 2.24) is 29.7 Å². The summed E-state index contributed by atoms with van der Waals surface area (Å²) >= 11 is 6.12. The second-order valence-electron chi connectivity index (χ2n) is 12.7. The molecule has 55 heavy (non-hydrogen) atoms. The van der Waals surface area contributed by atoms with E-state index in [4.69, 9.17) is 11.6 Å². The molecule has 2 N–H and O–H groups in total. The molecule has 0 unspecified atom stereocenters. The first-order chi connectivity index (χ1) is 26.8. The van der Waals surface area contributed by atoms with Crippen LogP contribution in [0.25, 0.3) is 44.3 Å². The van der Waals surface area contributed by atoms with Crippen LogP contribution in [0, 0.1) is 11.6 Å². The Kier molecular flexibility index (Phi) is 11.3.